The normalized spacial score (nSPS) is 10.2. The number of benzene rings is 1. The maximum atomic E-state index is 5.32. The molecule has 0 amide bonds. The molecule has 2 rings (SSSR count). The van der Waals surface area contributed by atoms with Gasteiger partial charge in [-0.15, -0.1) is 0 Å². The Hall–Kier alpha value is -2.10. The van der Waals surface area contributed by atoms with Gasteiger partial charge in [-0.3, -0.25) is 0 Å². The van der Waals surface area contributed by atoms with Crippen LogP contribution in [0.25, 0.3) is 0 Å². The Balaban J connectivity index is 2.14. The molecule has 1 N–H and O–H groups in total. The predicted molar refractivity (Wildman–Crippen MR) is 72.3 cm³/mol. The minimum absolute atomic E-state index is 0.743. The summed E-state index contributed by atoms with van der Waals surface area (Å²) >= 11 is 0. The SMILES string of the molecule is COc1ccc(OC)c(NCc2cccn2C)c1. The molecule has 0 unspecified atom stereocenters. The number of methoxy groups -OCH3 is 2. The second-order valence-electron chi connectivity index (χ2n) is 4.03. The molecule has 4 heteroatoms. The molecule has 0 fully saturated rings. The third-order valence-corrected chi connectivity index (χ3v) is 2.92. The summed E-state index contributed by atoms with van der Waals surface area (Å²) in [6.07, 6.45) is 2.03. The molecule has 18 heavy (non-hydrogen) atoms. The zero-order chi connectivity index (χ0) is 13.0. The lowest BCUT2D eigenvalue weighted by Crippen LogP contribution is -2.05. The Bertz CT molecular complexity index is 520. The van der Waals surface area contributed by atoms with Crippen molar-refractivity contribution in [2.24, 2.45) is 7.05 Å². The Kier molecular flexibility index (Phi) is 3.77. The lowest BCUT2D eigenvalue weighted by Gasteiger charge is -2.13. The molecule has 1 aromatic heterocycles. The van der Waals surface area contributed by atoms with Crippen LogP contribution in [-0.2, 0) is 13.6 Å². The van der Waals surface area contributed by atoms with Gasteiger partial charge in [0.05, 0.1) is 26.5 Å². The van der Waals surface area contributed by atoms with Crippen LogP contribution < -0.4 is 14.8 Å². The molecule has 0 saturated carbocycles. The largest absolute Gasteiger partial charge is 0.497 e. The topological polar surface area (TPSA) is 35.4 Å². The van der Waals surface area contributed by atoms with Crippen molar-refractivity contribution in [1.29, 1.82) is 0 Å². The van der Waals surface area contributed by atoms with E-state index >= 15 is 0 Å². The minimum atomic E-state index is 0.743. The van der Waals surface area contributed by atoms with Crippen molar-refractivity contribution in [1.82, 2.24) is 4.57 Å². The average molecular weight is 246 g/mol. The second-order valence-corrected chi connectivity index (χ2v) is 4.03. The van der Waals surface area contributed by atoms with Crippen LogP contribution in [0.4, 0.5) is 5.69 Å². The summed E-state index contributed by atoms with van der Waals surface area (Å²) in [6, 6.07) is 9.82. The molecule has 4 nitrogen and oxygen atoms in total. The fourth-order valence-electron chi connectivity index (χ4n) is 1.82. The van der Waals surface area contributed by atoms with Crippen LogP contribution in [0.5, 0.6) is 11.5 Å². The van der Waals surface area contributed by atoms with E-state index in [2.05, 4.69) is 16.0 Å². The first-order chi connectivity index (χ1) is 8.74. The van der Waals surface area contributed by atoms with Gasteiger partial charge in [-0.05, 0) is 24.3 Å². The molecule has 0 radical (unpaired) electrons. The van der Waals surface area contributed by atoms with Crippen LogP contribution in [0.3, 0.4) is 0 Å². The number of anilines is 1. The Morgan fingerprint density at radius 3 is 2.61 bits per heavy atom. The Labute approximate surface area is 107 Å². The average Bonchev–Trinajstić information content (AvgIpc) is 2.81. The van der Waals surface area contributed by atoms with E-state index in [1.807, 2.05) is 37.5 Å². The van der Waals surface area contributed by atoms with Crippen LogP contribution in [0.15, 0.2) is 36.5 Å². The minimum Gasteiger partial charge on any atom is -0.497 e. The first-order valence-corrected chi connectivity index (χ1v) is 5.80. The molecule has 0 aliphatic rings. The third-order valence-electron chi connectivity index (χ3n) is 2.92. The number of aryl methyl sites for hydroxylation is 1. The molecule has 1 heterocycles. The first-order valence-electron chi connectivity index (χ1n) is 5.80. The molecular formula is C14H18N2O2. The standard InChI is InChI=1S/C14H18N2O2/c1-16-8-4-5-11(16)10-15-13-9-12(17-2)6-7-14(13)18-3/h4-9,15H,10H2,1-3H3. The van der Waals surface area contributed by atoms with Gasteiger partial charge in [-0.1, -0.05) is 0 Å². The number of nitrogens with zero attached hydrogens (tertiary/aromatic N) is 1. The van der Waals surface area contributed by atoms with Gasteiger partial charge in [0.15, 0.2) is 0 Å². The van der Waals surface area contributed by atoms with E-state index in [-0.39, 0.29) is 0 Å². The van der Waals surface area contributed by atoms with Gasteiger partial charge in [0.25, 0.3) is 0 Å². The van der Waals surface area contributed by atoms with Crippen molar-refractivity contribution < 1.29 is 9.47 Å². The fourth-order valence-corrected chi connectivity index (χ4v) is 1.82. The van der Waals surface area contributed by atoms with Crippen molar-refractivity contribution in [2.75, 3.05) is 19.5 Å². The summed E-state index contributed by atoms with van der Waals surface area (Å²) in [7, 11) is 5.35. The Morgan fingerprint density at radius 2 is 2.00 bits per heavy atom. The summed E-state index contributed by atoms with van der Waals surface area (Å²) in [5, 5.41) is 3.36. The van der Waals surface area contributed by atoms with E-state index in [0.29, 0.717) is 0 Å². The van der Waals surface area contributed by atoms with Gasteiger partial charge in [0, 0.05) is 25.0 Å². The number of aromatic nitrogens is 1. The van der Waals surface area contributed by atoms with E-state index < -0.39 is 0 Å². The van der Waals surface area contributed by atoms with Gasteiger partial charge < -0.3 is 19.4 Å². The molecule has 0 bridgehead atoms. The Morgan fingerprint density at radius 1 is 1.17 bits per heavy atom. The molecule has 2 aromatic rings. The summed E-state index contributed by atoms with van der Waals surface area (Å²) in [6.45, 7) is 0.743. The van der Waals surface area contributed by atoms with Crippen molar-refractivity contribution in [3.8, 4) is 11.5 Å². The van der Waals surface area contributed by atoms with Crippen molar-refractivity contribution in [3.63, 3.8) is 0 Å². The van der Waals surface area contributed by atoms with Gasteiger partial charge in [-0.25, -0.2) is 0 Å². The van der Waals surface area contributed by atoms with E-state index in [1.165, 1.54) is 5.69 Å². The first kappa shape index (κ1) is 12.4. The number of hydrogen-bond donors (Lipinski definition) is 1. The van der Waals surface area contributed by atoms with Crippen LogP contribution in [0.2, 0.25) is 0 Å². The van der Waals surface area contributed by atoms with Crippen LogP contribution in [-0.4, -0.2) is 18.8 Å². The maximum absolute atomic E-state index is 5.32. The van der Waals surface area contributed by atoms with Crippen LogP contribution >= 0.6 is 0 Å². The van der Waals surface area contributed by atoms with E-state index in [1.54, 1.807) is 14.2 Å². The lowest BCUT2D eigenvalue weighted by molar-refractivity contribution is 0.404. The highest BCUT2D eigenvalue weighted by Gasteiger charge is 2.05. The molecule has 0 atom stereocenters. The molecular weight excluding hydrogens is 228 g/mol. The van der Waals surface area contributed by atoms with E-state index in [0.717, 1.165) is 23.7 Å². The molecule has 1 aromatic carbocycles. The quantitative estimate of drug-likeness (QED) is 0.881. The predicted octanol–water partition coefficient (Wildman–Crippen LogP) is 2.65. The summed E-state index contributed by atoms with van der Waals surface area (Å²) in [4.78, 5) is 0. The lowest BCUT2D eigenvalue weighted by atomic mass is 10.2. The van der Waals surface area contributed by atoms with Gasteiger partial charge >= 0.3 is 0 Å². The number of ether oxygens (including phenoxy) is 2. The third kappa shape index (κ3) is 2.59. The number of nitrogens with one attached hydrogen (secondary N) is 1. The van der Waals surface area contributed by atoms with Crippen LogP contribution in [0.1, 0.15) is 5.69 Å². The summed E-state index contributed by atoms with van der Waals surface area (Å²) in [5.74, 6) is 1.62. The fraction of sp³-hybridized carbons (Fsp3) is 0.286. The smallest absolute Gasteiger partial charge is 0.142 e. The van der Waals surface area contributed by atoms with Crippen molar-refractivity contribution >= 4 is 5.69 Å². The highest BCUT2D eigenvalue weighted by molar-refractivity contribution is 5.59. The number of rotatable bonds is 5. The van der Waals surface area contributed by atoms with Gasteiger partial charge in [0.1, 0.15) is 11.5 Å². The summed E-state index contributed by atoms with van der Waals surface area (Å²) < 4.78 is 12.6. The highest BCUT2D eigenvalue weighted by Crippen LogP contribution is 2.29. The molecule has 96 valence electrons. The van der Waals surface area contributed by atoms with E-state index in [9.17, 15) is 0 Å². The van der Waals surface area contributed by atoms with Gasteiger partial charge in [0.2, 0.25) is 0 Å². The number of hydrogen-bond acceptors (Lipinski definition) is 3. The second kappa shape index (κ2) is 5.49. The monoisotopic (exact) mass is 246 g/mol. The van der Waals surface area contributed by atoms with Crippen molar-refractivity contribution in [3.05, 3.63) is 42.2 Å². The molecule has 0 aliphatic carbocycles. The molecule has 0 aliphatic heterocycles. The molecule has 0 saturated heterocycles. The zero-order valence-electron chi connectivity index (χ0n) is 10.9. The van der Waals surface area contributed by atoms with Gasteiger partial charge in [-0.2, -0.15) is 0 Å². The van der Waals surface area contributed by atoms with Crippen LogP contribution in [0, 0.1) is 0 Å². The maximum Gasteiger partial charge on any atom is 0.142 e. The van der Waals surface area contributed by atoms with Crippen molar-refractivity contribution in [2.45, 2.75) is 6.54 Å². The molecule has 0 spiro atoms. The highest BCUT2D eigenvalue weighted by atomic mass is 16.5. The van der Waals surface area contributed by atoms with E-state index in [4.69, 9.17) is 9.47 Å². The summed E-state index contributed by atoms with van der Waals surface area (Å²) in [5.41, 5.74) is 2.14. The zero-order valence-corrected chi connectivity index (χ0v) is 10.9.